The maximum atomic E-state index is 3.88. The Balaban J connectivity index is -0.00000000750. The molecule has 0 radical (unpaired) electrons. The zero-order valence-electron chi connectivity index (χ0n) is 5.47. The molecule has 0 fully saturated rings. The largest absolute Gasteiger partial charge is 2.00 e. The quantitative estimate of drug-likeness (QED) is 0.250. The van der Waals surface area contributed by atoms with E-state index in [1.165, 1.54) is 0 Å². The van der Waals surface area contributed by atoms with Crippen LogP contribution in [0.2, 0.25) is 0 Å². The summed E-state index contributed by atoms with van der Waals surface area (Å²) in [4.78, 5) is 0. The zero-order valence-corrected chi connectivity index (χ0v) is 12.0. The van der Waals surface area contributed by atoms with E-state index in [9.17, 15) is 0 Å². The fourth-order valence-corrected chi connectivity index (χ4v) is 0. The van der Waals surface area contributed by atoms with Crippen LogP contribution < -0.4 is 59.1 Å². The van der Waals surface area contributed by atoms with Crippen molar-refractivity contribution in [1.29, 1.82) is 0 Å². The number of hydrogen-bond acceptors (Lipinski definition) is 2. The molecule has 0 aromatic rings. The van der Waals surface area contributed by atoms with E-state index < -0.39 is 0 Å². The summed E-state index contributed by atoms with van der Waals surface area (Å²) in [5, 5.41) is 0.931. The molecule has 0 aromatic heterocycles. The molecule has 0 spiro atoms. The third-order valence-electron chi connectivity index (χ3n) is 0.129. The van der Waals surface area contributed by atoms with E-state index in [1.807, 2.05) is 6.26 Å². The summed E-state index contributed by atoms with van der Waals surface area (Å²) >= 11 is 5.60. The van der Waals surface area contributed by atoms with Crippen LogP contribution in [0.25, 0.3) is 0 Å². The minimum Gasteiger partial charge on any atom is -2.00 e. The van der Waals surface area contributed by atoms with E-state index in [4.69, 9.17) is 0 Å². The summed E-state index contributed by atoms with van der Waals surface area (Å²) < 4.78 is 0. The van der Waals surface area contributed by atoms with Crippen molar-refractivity contribution in [2.75, 3.05) is 11.3 Å². The molecular formula is C2H8Na2OS3. The minimum absolute atomic E-state index is 0. The summed E-state index contributed by atoms with van der Waals surface area (Å²) in [5.41, 5.74) is 0. The van der Waals surface area contributed by atoms with Gasteiger partial charge in [-0.1, -0.05) is 0 Å². The van der Waals surface area contributed by atoms with Crippen LogP contribution in [-0.2, 0) is 13.5 Å². The SMILES string of the molecule is CSCS.O.[Na+].[Na+].[S-2]. The molecule has 8 heavy (non-hydrogen) atoms. The first-order valence-electron chi connectivity index (χ1n) is 1.01. The Kier molecular flexibility index (Phi) is 124. The van der Waals surface area contributed by atoms with Crippen LogP contribution in [0.5, 0.6) is 0 Å². The second kappa shape index (κ2) is 32.4. The Morgan fingerprint density at radius 2 is 1.50 bits per heavy atom. The van der Waals surface area contributed by atoms with Gasteiger partial charge in [-0.3, -0.25) is 0 Å². The molecule has 2 N–H and O–H groups in total. The first-order chi connectivity index (χ1) is 1.91. The Labute approximate surface area is 112 Å². The second-order valence-corrected chi connectivity index (χ2v) is 2.03. The number of hydrogen-bond donors (Lipinski definition) is 1. The maximum absolute atomic E-state index is 3.88. The molecule has 0 aromatic carbocycles. The number of rotatable bonds is 1. The molecular weight excluding hydrogens is 182 g/mol. The fraction of sp³-hybridized carbons (Fsp3) is 1.00. The molecule has 0 atom stereocenters. The van der Waals surface area contributed by atoms with Gasteiger partial charge in [0.15, 0.2) is 0 Å². The molecule has 0 bridgehead atoms. The summed E-state index contributed by atoms with van der Waals surface area (Å²) in [6, 6.07) is 0. The van der Waals surface area contributed by atoms with Crippen molar-refractivity contribution in [3.8, 4) is 0 Å². The van der Waals surface area contributed by atoms with Gasteiger partial charge in [-0.25, -0.2) is 0 Å². The smallest absolute Gasteiger partial charge is 1.00 e. The summed E-state index contributed by atoms with van der Waals surface area (Å²) in [6.45, 7) is 0. The summed E-state index contributed by atoms with van der Waals surface area (Å²) in [7, 11) is 0. The summed E-state index contributed by atoms with van der Waals surface area (Å²) in [5.74, 6) is 0. The third kappa shape index (κ3) is 36.0. The van der Waals surface area contributed by atoms with E-state index in [0.29, 0.717) is 0 Å². The van der Waals surface area contributed by atoms with Crippen molar-refractivity contribution in [2.45, 2.75) is 0 Å². The van der Waals surface area contributed by atoms with Crippen LogP contribution in [0.1, 0.15) is 0 Å². The van der Waals surface area contributed by atoms with Crippen LogP contribution in [0, 0.1) is 0 Å². The van der Waals surface area contributed by atoms with Gasteiger partial charge in [0.2, 0.25) is 0 Å². The van der Waals surface area contributed by atoms with Gasteiger partial charge in [-0.2, -0.15) is 24.4 Å². The Morgan fingerprint density at radius 1 is 1.38 bits per heavy atom. The standard InChI is InChI=1S/C2H6S2.2Na.H2O.S/c1-4-2-3;;;;/h3H,2H2,1H3;;;1H2;/q;2*+1;;-2. The fourth-order valence-electron chi connectivity index (χ4n) is 0. The van der Waals surface area contributed by atoms with Gasteiger partial charge in [0.25, 0.3) is 0 Å². The zero-order chi connectivity index (χ0) is 3.41. The number of thiol groups is 1. The van der Waals surface area contributed by atoms with E-state index in [0.717, 1.165) is 5.08 Å². The topological polar surface area (TPSA) is 31.5 Å². The summed E-state index contributed by atoms with van der Waals surface area (Å²) in [6.07, 6.45) is 2.02. The van der Waals surface area contributed by atoms with Gasteiger partial charge in [0, 0.05) is 5.08 Å². The van der Waals surface area contributed by atoms with Crippen molar-refractivity contribution in [3.63, 3.8) is 0 Å². The van der Waals surface area contributed by atoms with Crippen LogP contribution in [0.15, 0.2) is 0 Å². The molecule has 42 valence electrons. The van der Waals surface area contributed by atoms with E-state index in [-0.39, 0.29) is 78.1 Å². The molecule has 0 amide bonds. The molecule has 0 aliphatic rings. The minimum atomic E-state index is 0. The second-order valence-electron chi connectivity index (χ2n) is 0.418. The molecule has 0 unspecified atom stereocenters. The van der Waals surface area contributed by atoms with Crippen molar-refractivity contribution in [3.05, 3.63) is 0 Å². The van der Waals surface area contributed by atoms with Gasteiger partial charge in [0.1, 0.15) is 0 Å². The third-order valence-corrected chi connectivity index (χ3v) is 1.16. The van der Waals surface area contributed by atoms with Crippen LogP contribution >= 0.6 is 24.4 Å². The first-order valence-corrected chi connectivity index (χ1v) is 3.04. The molecule has 0 heterocycles. The molecule has 6 heteroatoms. The van der Waals surface area contributed by atoms with Crippen molar-refractivity contribution in [1.82, 2.24) is 0 Å². The maximum Gasteiger partial charge on any atom is 1.00 e. The molecule has 0 aliphatic heterocycles. The average Bonchev–Trinajstić information content (AvgIpc) is 1.37. The van der Waals surface area contributed by atoms with Gasteiger partial charge in [-0.05, 0) is 6.26 Å². The Hall–Kier alpha value is 3.01. The molecule has 0 rings (SSSR count). The first kappa shape index (κ1) is 30.5. The van der Waals surface area contributed by atoms with Crippen LogP contribution in [-0.4, -0.2) is 16.8 Å². The Morgan fingerprint density at radius 3 is 1.50 bits per heavy atom. The molecule has 0 saturated heterocycles. The van der Waals surface area contributed by atoms with Crippen molar-refractivity contribution < 1.29 is 64.6 Å². The predicted molar refractivity (Wildman–Crippen MR) is 38.3 cm³/mol. The van der Waals surface area contributed by atoms with Crippen LogP contribution in [0.4, 0.5) is 0 Å². The van der Waals surface area contributed by atoms with Crippen LogP contribution in [0.3, 0.4) is 0 Å². The average molecular weight is 190 g/mol. The number of thioether (sulfide) groups is 1. The van der Waals surface area contributed by atoms with E-state index >= 15 is 0 Å². The van der Waals surface area contributed by atoms with Gasteiger partial charge < -0.3 is 19.0 Å². The molecule has 1 nitrogen and oxygen atoms in total. The van der Waals surface area contributed by atoms with Gasteiger partial charge in [-0.15, -0.1) is 0 Å². The molecule has 0 aliphatic carbocycles. The normalized spacial score (nSPS) is 3.75. The Bertz CT molecular complexity index is 17.2. The van der Waals surface area contributed by atoms with Crippen molar-refractivity contribution >= 4 is 37.9 Å². The van der Waals surface area contributed by atoms with Gasteiger partial charge in [0.05, 0.1) is 0 Å². The van der Waals surface area contributed by atoms with Crippen molar-refractivity contribution in [2.24, 2.45) is 0 Å². The van der Waals surface area contributed by atoms with E-state index in [2.05, 4.69) is 12.6 Å². The predicted octanol–water partition coefficient (Wildman–Crippen LogP) is -5.58. The molecule has 0 saturated carbocycles. The monoisotopic (exact) mass is 190 g/mol. The van der Waals surface area contributed by atoms with Gasteiger partial charge >= 0.3 is 59.1 Å². The van der Waals surface area contributed by atoms with E-state index in [1.54, 1.807) is 11.8 Å².